The van der Waals surface area contributed by atoms with Gasteiger partial charge in [0.05, 0.1) is 43.1 Å². The van der Waals surface area contributed by atoms with Crippen LogP contribution in [0.5, 0.6) is 11.5 Å². The van der Waals surface area contributed by atoms with Crippen LogP contribution in [-0.4, -0.2) is 85.4 Å². The van der Waals surface area contributed by atoms with Gasteiger partial charge in [-0.15, -0.1) is 0 Å². The van der Waals surface area contributed by atoms with Gasteiger partial charge in [-0.3, -0.25) is 9.10 Å². The van der Waals surface area contributed by atoms with Crippen molar-refractivity contribution in [2.24, 2.45) is 0 Å². The molecule has 2 aliphatic heterocycles. The molecule has 0 radical (unpaired) electrons. The minimum Gasteiger partial charge on any atom is -0.492 e. The van der Waals surface area contributed by atoms with E-state index in [9.17, 15) is 21.6 Å². The van der Waals surface area contributed by atoms with Crippen LogP contribution in [0.1, 0.15) is 26.3 Å². The van der Waals surface area contributed by atoms with E-state index in [0.29, 0.717) is 43.5 Å². The molecule has 0 spiro atoms. The lowest BCUT2D eigenvalue weighted by molar-refractivity contribution is -0.127. The zero-order valence-electron chi connectivity index (χ0n) is 22.5. The van der Waals surface area contributed by atoms with E-state index in [-0.39, 0.29) is 30.0 Å². The number of amides is 1. The fourth-order valence-corrected chi connectivity index (χ4v) is 6.58. The Labute approximate surface area is 230 Å². The number of sulfonamides is 2. The first-order chi connectivity index (χ1) is 18.3. The highest BCUT2D eigenvalue weighted by Crippen LogP contribution is 2.38. The van der Waals surface area contributed by atoms with Gasteiger partial charge in [0.1, 0.15) is 18.1 Å². The Bertz CT molecular complexity index is 1400. The molecule has 4 rings (SSSR count). The highest BCUT2D eigenvalue weighted by atomic mass is 32.2. The second-order valence-electron chi connectivity index (χ2n) is 10.5. The molecule has 0 saturated carbocycles. The smallest absolute Gasteiger partial charge is 0.263 e. The van der Waals surface area contributed by atoms with Crippen molar-refractivity contribution >= 4 is 31.6 Å². The molecule has 1 fully saturated rings. The van der Waals surface area contributed by atoms with Crippen molar-refractivity contribution in [2.75, 3.05) is 56.6 Å². The molecular weight excluding hydrogens is 546 g/mol. The average molecular weight is 582 g/mol. The van der Waals surface area contributed by atoms with Gasteiger partial charge >= 0.3 is 0 Å². The minimum atomic E-state index is -3.65. The molecule has 1 saturated heterocycles. The second kappa shape index (κ2) is 11.3. The largest absolute Gasteiger partial charge is 0.492 e. The number of benzene rings is 2. The minimum absolute atomic E-state index is 0.120. The number of hydrogen-bond acceptors (Lipinski definition) is 8. The summed E-state index contributed by atoms with van der Waals surface area (Å²) < 4.78 is 69.9. The third-order valence-corrected chi connectivity index (χ3v) is 9.55. The molecule has 39 heavy (non-hydrogen) atoms. The highest BCUT2D eigenvalue weighted by Gasteiger charge is 2.35. The zero-order chi connectivity index (χ0) is 28.4. The maximum Gasteiger partial charge on any atom is 0.263 e. The van der Waals surface area contributed by atoms with Gasteiger partial charge in [-0.1, -0.05) is 26.8 Å². The van der Waals surface area contributed by atoms with Crippen molar-refractivity contribution < 1.29 is 35.8 Å². The fraction of sp³-hybridized carbons (Fsp3) is 0.500. The van der Waals surface area contributed by atoms with E-state index in [1.54, 1.807) is 24.3 Å². The van der Waals surface area contributed by atoms with E-state index in [2.05, 4.69) is 5.32 Å². The monoisotopic (exact) mass is 581 g/mol. The SMILES string of the molecule is CC(C)(C)c1ccc2c(c1)N(S(C)(=O)=O)C[C@H](C(=O)NCCOc1ccc(S(=O)(=O)N3CCOCC3)cc1)O2. The van der Waals surface area contributed by atoms with Gasteiger partial charge < -0.3 is 19.5 Å². The third-order valence-electron chi connectivity index (χ3n) is 6.49. The van der Waals surface area contributed by atoms with E-state index in [4.69, 9.17) is 14.2 Å². The zero-order valence-corrected chi connectivity index (χ0v) is 24.2. The van der Waals surface area contributed by atoms with Crippen molar-refractivity contribution in [2.45, 2.75) is 37.2 Å². The number of rotatable bonds is 8. The summed E-state index contributed by atoms with van der Waals surface area (Å²) in [5.74, 6) is 0.305. The first-order valence-electron chi connectivity index (χ1n) is 12.6. The van der Waals surface area contributed by atoms with Crippen molar-refractivity contribution in [3.05, 3.63) is 48.0 Å². The molecule has 1 amide bonds. The Hall–Kier alpha value is -2.87. The topological polar surface area (TPSA) is 132 Å². The van der Waals surface area contributed by atoms with Crippen LogP contribution in [0.4, 0.5) is 5.69 Å². The van der Waals surface area contributed by atoms with Crippen LogP contribution < -0.4 is 19.1 Å². The summed E-state index contributed by atoms with van der Waals surface area (Å²) in [5, 5.41) is 2.71. The maximum absolute atomic E-state index is 12.8. The van der Waals surface area contributed by atoms with Crippen molar-refractivity contribution in [3.63, 3.8) is 0 Å². The Morgan fingerprint density at radius 1 is 1.05 bits per heavy atom. The number of morpholine rings is 1. The summed E-state index contributed by atoms with van der Waals surface area (Å²) in [7, 11) is -7.25. The molecule has 2 heterocycles. The Morgan fingerprint density at radius 2 is 1.72 bits per heavy atom. The lowest BCUT2D eigenvalue weighted by atomic mass is 9.86. The normalized spacial score (nSPS) is 18.7. The molecule has 0 aromatic heterocycles. The number of nitrogens with zero attached hydrogens (tertiary/aromatic N) is 2. The first kappa shape index (κ1) is 29.1. The number of ether oxygens (including phenoxy) is 3. The Balaban J connectivity index is 1.33. The third kappa shape index (κ3) is 6.83. The molecule has 2 aromatic rings. The van der Waals surface area contributed by atoms with Crippen molar-refractivity contribution in [1.29, 1.82) is 0 Å². The summed E-state index contributed by atoms with van der Waals surface area (Å²) >= 11 is 0. The van der Waals surface area contributed by atoms with Gasteiger partial charge in [0.15, 0.2) is 6.10 Å². The van der Waals surface area contributed by atoms with Gasteiger partial charge in [0.2, 0.25) is 20.0 Å². The van der Waals surface area contributed by atoms with E-state index >= 15 is 0 Å². The molecule has 0 aliphatic carbocycles. The second-order valence-corrected chi connectivity index (χ2v) is 14.3. The van der Waals surface area contributed by atoms with Crippen molar-refractivity contribution in [3.8, 4) is 11.5 Å². The van der Waals surface area contributed by atoms with Crippen LogP contribution in [0, 0.1) is 0 Å². The molecule has 1 N–H and O–H groups in total. The Kier molecular flexibility index (Phi) is 8.45. The molecule has 2 aliphatic rings. The van der Waals surface area contributed by atoms with Crippen LogP contribution in [-0.2, 0) is 35.0 Å². The molecule has 1 atom stereocenters. The number of carbonyl (C=O) groups is 1. The number of carbonyl (C=O) groups excluding carboxylic acids is 1. The average Bonchev–Trinajstić information content (AvgIpc) is 2.89. The van der Waals surface area contributed by atoms with Crippen LogP contribution in [0.25, 0.3) is 0 Å². The molecule has 0 bridgehead atoms. The number of fused-ring (bicyclic) bond motifs is 1. The lowest BCUT2D eigenvalue weighted by Gasteiger charge is -2.35. The highest BCUT2D eigenvalue weighted by molar-refractivity contribution is 7.92. The summed E-state index contributed by atoms with van der Waals surface area (Å²) in [4.78, 5) is 13.0. The van der Waals surface area contributed by atoms with Gasteiger partial charge in [-0.05, 0) is 47.4 Å². The van der Waals surface area contributed by atoms with Crippen LogP contribution >= 0.6 is 0 Å². The van der Waals surface area contributed by atoms with E-state index in [1.807, 2.05) is 26.8 Å². The van der Waals surface area contributed by atoms with Gasteiger partial charge in [-0.25, -0.2) is 16.8 Å². The van der Waals surface area contributed by atoms with Gasteiger partial charge in [0, 0.05) is 13.1 Å². The van der Waals surface area contributed by atoms with E-state index < -0.39 is 32.1 Å². The number of nitrogens with one attached hydrogen (secondary N) is 1. The molecule has 13 heteroatoms. The van der Waals surface area contributed by atoms with E-state index in [1.165, 1.54) is 20.7 Å². The summed E-state index contributed by atoms with van der Waals surface area (Å²) in [6, 6.07) is 11.4. The number of anilines is 1. The summed E-state index contributed by atoms with van der Waals surface area (Å²) in [6.45, 7) is 7.58. The molecule has 0 unspecified atom stereocenters. The molecular formula is C26H35N3O8S2. The predicted molar refractivity (Wildman–Crippen MR) is 146 cm³/mol. The maximum atomic E-state index is 12.8. The standard InChI is InChI=1S/C26H35N3O8S2/c1-26(2,3)19-5-10-23-22(17-19)29(38(4,31)32)18-24(37-23)25(30)27-11-14-36-20-6-8-21(9-7-20)39(33,34)28-12-15-35-16-13-28/h5-10,17,24H,11-16,18H2,1-4H3,(H,27,30)/t24-/m1/s1. The van der Waals surface area contributed by atoms with Crippen LogP contribution in [0.2, 0.25) is 0 Å². The quantitative estimate of drug-likeness (QED) is 0.467. The summed E-state index contributed by atoms with van der Waals surface area (Å²) in [6.07, 6.45) is 0.0731. The molecule has 214 valence electrons. The van der Waals surface area contributed by atoms with Gasteiger partial charge in [0.25, 0.3) is 5.91 Å². The van der Waals surface area contributed by atoms with Crippen molar-refractivity contribution in [1.82, 2.24) is 9.62 Å². The lowest BCUT2D eigenvalue weighted by Crippen LogP contribution is -2.51. The predicted octanol–water partition coefficient (Wildman–Crippen LogP) is 1.73. The first-order valence-corrected chi connectivity index (χ1v) is 15.9. The fourth-order valence-electron chi connectivity index (χ4n) is 4.27. The van der Waals surface area contributed by atoms with Crippen LogP contribution in [0.3, 0.4) is 0 Å². The molecule has 2 aromatic carbocycles. The Morgan fingerprint density at radius 3 is 2.33 bits per heavy atom. The van der Waals surface area contributed by atoms with E-state index in [0.717, 1.165) is 11.8 Å². The van der Waals surface area contributed by atoms with Crippen LogP contribution in [0.15, 0.2) is 47.4 Å². The molecule has 11 nitrogen and oxygen atoms in total. The summed E-state index contributed by atoms with van der Waals surface area (Å²) in [5.41, 5.74) is 1.17. The number of hydrogen-bond donors (Lipinski definition) is 1. The van der Waals surface area contributed by atoms with Gasteiger partial charge in [-0.2, -0.15) is 4.31 Å².